The van der Waals surface area contributed by atoms with E-state index in [1.54, 1.807) is 0 Å². The van der Waals surface area contributed by atoms with Gasteiger partial charge in [0.15, 0.2) is 0 Å². The molecule has 1 rings (SSSR count). The molecule has 0 aliphatic carbocycles. The van der Waals surface area contributed by atoms with E-state index in [0.717, 1.165) is 13.5 Å². The summed E-state index contributed by atoms with van der Waals surface area (Å²) in [7, 11) is 1.36. The van der Waals surface area contributed by atoms with Crippen LogP contribution in [0.15, 0.2) is 0 Å². The van der Waals surface area contributed by atoms with Gasteiger partial charge in [-0.15, -0.1) is 0 Å². The molecular formula is C10H21B2O4P. The van der Waals surface area contributed by atoms with Gasteiger partial charge in [-0.05, 0) is 0 Å². The standard InChI is InChI=1S/C10H21B2O4P/c1-4-5(2)8-9(17-12-11-15)6(3)7(13)10(14)16-8/h5-10,12-14,17H,4H2,1-3H3/t5-,6+,7?,8?,9-,10?/m0/s1. The Hall–Kier alpha value is 0.240. The number of hydrogen-bond acceptors (Lipinski definition) is 4. The summed E-state index contributed by atoms with van der Waals surface area (Å²) < 4.78 is 16.0. The molecule has 0 saturated carbocycles. The number of aliphatic hydroxyl groups excluding tert-OH is 2. The zero-order chi connectivity index (χ0) is 13.0. The summed E-state index contributed by atoms with van der Waals surface area (Å²) in [6, 6.07) is 0. The second-order valence-electron chi connectivity index (χ2n) is 4.83. The Morgan fingerprint density at radius 2 is 2.18 bits per heavy atom. The van der Waals surface area contributed by atoms with Gasteiger partial charge in [0.1, 0.15) is 0 Å². The first-order valence-electron chi connectivity index (χ1n) is 6.21. The van der Waals surface area contributed by atoms with Crippen molar-refractivity contribution in [3.8, 4) is 0 Å². The summed E-state index contributed by atoms with van der Waals surface area (Å²) >= 11 is 0. The molecule has 0 aromatic heterocycles. The Balaban J connectivity index is 2.78. The Kier molecular flexibility index (Phi) is 6.28. The van der Waals surface area contributed by atoms with Crippen LogP contribution in [0.1, 0.15) is 27.2 Å². The quantitative estimate of drug-likeness (QED) is 0.542. The van der Waals surface area contributed by atoms with E-state index in [1.165, 1.54) is 0 Å². The topological polar surface area (TPSA) is 66.8 Å². The van der Waals surface area contributed by atoms with Gasteiger partial charge in [0.25, 0.3) is 0 Å². The van der Waals surface area contributed by atoms with Crippen LogP contribution in [0.3, 0.4) is 0 Å². The van der Waals surface area contributed by atoms with Crippen LogP contribution >= 0.6 is 8.46 Å². The number of ether oxygens (including phenoxy) is 1. The molecule has 1 saturated heterocycles. The van der Waals surface area contributed by atoms with Gasteiger partial charge in [0.2, 0.25) is 0 Å². The molecular weight excluding hydrogens is 237 g/mol. The van der Waals surface area contributed by atoms with Crippen molar-refractivity contribution in [2.24, 2.45) is 11.8 Å². The van der Waals surface area contributed by atoms with Crippen LogP contribution in [-0.2, 0) is 9.44 Å². The molecule has 1 aliphatic heterocycles. The van der Waals surface area contributed by atoms with Crippen LogP contribution in [0.2, 0.25) is 0 Å². The first-order chi connectivity index (χ1) is 8.02. The van der Waals surface area contributed by atoms with Gasteiger partial charge in [-0.2, -0.15) is 0 Å². The molecule has 7 heteroatoms. The zero-order valence-electron chi connectivity index (χ0n) is 10.7. The molecule has 0 radical (unpaired) electrons. The Labute approximate surface area is 106 Å². The molecule has 0 aromatic rings. The van der Waals surface area contributed by atoms with E-state index < -0.39 is 12.4 Å². The third-order valence-corrected chi connectivity index (χ3v) is 5.42. The molecule has 1 heterocycles. The van der Waals surface area contributed by atoms with Crippen molar-refractivity contribution in [1.82, 2.24) is 0 Å². The second-order valence-corrected chi connectivity index (χ2v) is 6.31. The Bertz CT molecular complexity index is 256. The first kappa shape index (κ1) is 15.3. The summed E-state index contributed by atoms with van der Waals surface area (Å²) in [5.74, 6) is 0.291. The van der Waals surface area contributed by atoms with E-state index in [9.17, 15) is 14.9 Å². The van der Waals surface area contributed by atoms with E-state index in [4.69, 9.17) is 4.74 Å². The number of aliphatic hydroxyl groups is 2. The zero-order valence-corrected chi connectivity index (χ0v) is 11.7. The minimum atomic E-state index is -1.10. The summed E-state index contributed by atoms with van der Waals surface area (Å²) in [5.41, 5.74) is 0.161. The van der Waals surface area contributed by atoms with E-state index in [2.05, 4.69) is 13.8 Å². The van der Waals surface area contributed by atoms with Crippen LogP contribution in [0.5, 0.6) is 0 Å². The molecule has 0 aromatic carbocycles. The Morgan fingerprint density at radius 1 is 1.53 bits per heavy atom. The number of hydrogen-bond donors (Lipinski definition) is 2. The van der Waals surface area contributed by atoms with Gasteiger partial charge >= 0.3 is 105 Å². The van der Waals surface area contributed by atoms with Crippen LogP contribution < -0.4 is 0 Å². The van der Waals surface area contributed by atoms with E-state index in [-0.39, 0.29) is 17.7 Å². The van der Waals surface area contributed by atoms with Crippen molar-refractivity contribution in [2.45, 2.75) is 51.3 Å². The fourth-order valence-corrected chi connectivity index (χ4v) is 3.88. The average molecular weight is 258 g/mol. The second kappa shape index (κ2) is 6.98. The maximum atomic E-state index is 10.5. The monoisotopic (exact) mass is 258 g/mol. The maximum absolute atomic E-state index is 10.5. The molecule has 7 atom stereocenters. The summed E-state index contributed by atoms with van der Waals surface area (Å²) in [6.45, 7) is 6.60. The third kappa shape index (κ3) is 3.60. The van der Waals surface area contributed by atoms with Gasteiger partial charge in [-0.25, -0.2) is 0 Å². The summed E-state index contributed by atoms with van der Waals surface area (Å²) in [4.78, 5) is 0. The molecule has 0 spiro atoms. The number of rotatable bonds is 5. The van der Waals surface area contributed by atoms with Gasteiger partial charge in [-0.1, -0.05) is 0 Å². The van der Waals surface area contributed by atoms with Crippen molar-refractivity contribution >= 4 is 22.4 Å². The van der Waals surface area contributed by atoms with Gasteiger partial charge < -0.3 is 0 Å². The third-order valence-electron chi connectivity index (χ3n) is 3.69. The van der Waals surface area contributed by atoms with Crippen molar-refractivity contribution < 1.29 is 19.7 Å². The van der Waals surface area contributed by atoms with Crippen molar-refractivity contribution in [2.75, 3.05) is 0 Å². The Morgan fingerprint density at radius 3 is 2.71 bits per heavy atom. The molecule has 1 fully saturated rings. The predicted molar refractivity (Wildman–Crippen MR) is 71.2 cm³/mol. The molecule has 4 nitrogen and oxygen atoms in total. The molecule has 17 heavy (non-hydrogen) atoms. The summed E-state index contributed by atoms with van der Waals surface area (Å²) in [5, 5.41) is 19.5. The molecule has 4 unspecified atom stereocenters. The first-order valence-corrected chi connectivity index (χ1v) is 7.50. The molecule has 96 valence electrons. The summed E-state index contributed by atoms with van der Waals surface area (Å²) in [6.07, 6.45) is -1.05. The van der Waals surface area contributed by atoms with Crippen LogP contribution in [0.25, 0.3) is 0 Å². The van der Waals surface area contributed by atoms with Crippen LogP contribution in [-0.4, -0.2) is 48.3 Å². The van der Waals surface area contributed by atoms with Crippen molar-refractivity contribution in [3.05, 3.63) is 0 Å². The normalized spacial score (nSPS) is 40.2. The van der Waals surface area contributed by atoms with Gasteiger partial charge in [-0.3, -0.25) is 0 Å². The molecule has 1 aliphatic rings. The van der Waals surface area contributed by atoms with E-state index in [0.29, 0.717) is 21.3 Å². The van der Waals surface area contributed by atoms with Gasteiger partial charge in [0.05, 0.1) is 0 Å². The van der Waals surface area contributed by atoms with Crippen LogP contribution in [0, 0.1) is 11.8 Å². The van der Waals surface area contributed by atoms with Crippen molar-refractivity contribution in [1.29, 1.82) is 0 Å². The SMILES string of the molecule is CC[C@H](C)C1OC(O)C(O)[C@@H](C)[C@@H]1PBB=O. The minimum absolute atomic E-state index is 0.0315. The van der Waals surface area contributed by atoms with E-state index >= 15 is 0 Å². The van der Waals surface area contributed by atoms with Crippen molar-refractivity contribution in [3.63, 3.8) is 0 Å². The van der Waals surface area contributed by atoms with Gasteiger partial charge in [0, 0.05) is 0 Å². The molecule has 0 amide bonds. The predicted octanol–water partition coefficient (Wildman–Crippen LogP) is 0.110. The fraction of sp³-hybridized carbons (Fsp3) is 1.00. The van der Waals surface area contributed by atoms with E-state index in [1.807, 2.05) is 6.92 Å². The van der Waals surface area contributed by atoms with Crippen LogP contribution in [0.4, 0.5) is 0 Å². The average Bonchev–Trinajstić information content (AvgIpc) is 2.33. The fourth-order valence-electron chi connectivity index (χ4n) is 2.30. The molecule has 0 bridgehead atoms. The molecule has 2 N–H and O–H groups in total.